The maximum atomic E-state index is 10.6. The van der Waals surface area contributed by atoms with Gasteiger partial charge in [0.2, 0.25) is 0 Å². The highest BCUT2D eigenvalue weighted by Crippen LogP contribution is 1.92. The Morgan fingerprint density at radius 1 is 1.35 bits per heavy atom. The number of ether oxygens (including phenoxy) is 2. The Morgan fingerprint density at radius 3 is 2.24 bits per heavy atom. The first-order chi connectivity index (χ1) is 7.99. The number of esters is 2. The fourth-order valence-corrected chi connectivity index (χ4v) is 0.554. The predicted octanol–water partition coefficient (Wildman–Crippen LogP) is 1.22. The van der Waals surface area contributed by atoms with E-state index in [0.29, 0.717) is 18.6 Å². The maximum absolute atomic E-state index is 10.6. The summed E-state index contributed by atoms with van der Waals surface area (Å²) in [5, 5.41) is 8.30. The lowest BCUT2D eigenvalue weighted by atomic mass is 10.4. The predicted molar refractivity (Wildman–Crippen MR) is 64.3 cm³/mol. The second-order valence-corrected chi connectivity index (χ2v) is 2.95. The van der Waals surface area contributed by atoms with Gasteiger partial charge in [-0.05, 0) is 13.8 Å². The summed E-state index contributed by atoms with van der Waals surface area (Å²) in [6.45, 7) is 10.7. The van der Waals surface area contributed by atoms with Crippen molar-refractivity contribution in [2.45, 2.75) is 20.3 Å². The van der Waals surface area contributed by atoms with E-state index in [0.717, 1.165) is 6.08 Å². The monoisotopic (exact) mass is 244 g/mol. The minimum Gasteiger partial charge on any atom is -0.463 e. The smallest absolute Gasteiger partial charge is 0.333 e. The van der Waals surface area contributed by atoms with Crippen molar-refractivity contribution in [3.05, 3.63) is 24.8 Å². The molecule has 0 aliphatic rings. The van der Waals surface area contributed by atoms with E-state index in [1.807, 2.05) is 0 Å². The van der Waals surface area contributed by atoms with Gasteiger partial charge in [0.25, 0.3) is 0 Å². The molecule has 0 radical (unpaired) electrons. The van der Waals surface area contributed by atoms with Crippen molar-refractivity contribution in [1.82, 2.24) is 0 Å². The van der Waals surface area contributed by atoms with Gasteiger partial charge in [0.1, 0.15) is 0 Å². The third kappa shape index (κ3) is 14.4. The molecule has 0 aromatic carbocycles. The van der Waals surface area contributed by atoms with Crippen molar-refractivity contribution >= 4 is 11.9 Å². The van der Waals surface area contributed by atoms with E-state index < -0.39 is 5.97 Å². The summed E-state index contributed by atoms with van der Waals surface area (Å²) in [5.74, 6) is -0.754. The van der Waals surface area contributed by atoms with Gasteiger partial charge in [-0.3, -0.25) is 0 Å². The van der Waals surface area contributed by atoms with Crippen LogP contribution in [0.1, 0.15) is 20.3 Å². The van der Waals surface area contributed by atoms with E-state index in [1.54, 1.807) is 13.8 Å². The lowest BCUT2D eigenvalue weighted by molar-refractivity contribution is -0.139. The first-order valence-electron chi connectivity index (χ1n) is 5.22. The number of carbonyl (C=O) groups is 2. The van der Waals surface area contributed by atoms with Gasteiger partial charge in [-0.1, -0.05) is 13.2 Å². The van der Waals surface area contributed by atoms with Crippen LogP contribution in [0.4, 0.5) is 0 Å². The molecule has 0 aromatic rings. The topological polar surface area (TPSA) is 72.8 Å². The SMILES string of the molecule is C=C(C)C(=O)OCCCO.C=CC(=O)OCC. The summed E-state index contributed by atoms with van der Waals surface area (Å²) in [6.07, 6.45) is 1.63. The molecule has 0 saturated carbocycles. The second-order valence-electron chi connectivity index (χ2n) is 2.95. The van der Waals surface area contributed by atoms with Gasteiger partial charge >= 0.3 is 11.9 Å². The van der Waals surface area contributed by atoms with Crippen molar-refractivity contribution in [2.75, 3.05) is 19.8 Å². The number of aliphatic hydroxyl groups is 1. The van der Waals surface area contributed by atoms with Gasteiger partial charge in [-0.2, -0.15) is 0 Å². The summed E-state index contributed by atoms with van der Waals surface area (Å²) in [4.78, 5) is 20.7. The molecule has 0 atom stereocenters. The Balaban J connectivity index is 0. The van der Waals surface area contributed by atoms with E-state index in [9.17, 15) is 9.59 Å². The number of aliphatic hydroxyl groups excluding tert-OH is 1. The molecular weight excluding hydrogens is 224 g/mol. The average molecular weight is 244 g/mol. The van der Waals surface area contributed by atoms with Gasteiger partial charge in [0.05, 0.1) is 13.2 Å². The van der Waals surface area contributed by atoms with Crippen LogP contribution in [-0.4, -0.2) is 36.9 Å². The molecule has 0 saturated heterocycles. The lowest BCUT2D eigenvalue weighted by Gasteiger charge is -2.00. The summed E-state index contributed by atoms with van der Waals surface area (Å²) in [7, 11) is 0. The van der Waals surface area contributed by atoms with Crippen LogP contribution >= 0.6 is 0 Å². The van der Waals surface area contributed by atoms with E-state index in [-0.39, 0.29) is 19.2 Å². The zero-order valence-electron chi connectivity index (χ0n) is 10.4. The maximum Gasteiger partial charge on any atom is 0.333 e. The highest BCUT2D eigenvalue weighted by Gasteiger charge is 2.00. The molecule has 0 aliphatic carbocycles. The fourth-order valence-electron chi connectivity index (χ4n) is 0.554. The molecule has 0 fully saturated rings. The van der Waals surface area contributed by atoms with Crippen molar-refractivity contribution < 1.29 is 24.2 Å². The Hall–Kier alpha value is -1.62. The molecule has 0 rings (SSSR count). The molecule has 0 bridgehead atoms. The van der Waals surface area contributed by atoms with Crippen molar-refractivity contribution in [2.24, 2.45) is 0 Å². The Morgan fingerprint density at radius 2 is 1.94 bits per heavy atom. The van der Waals surface area contributed by atoms with Gasteiger partial charge in [-0.15, -0.1) is 0 Å². The van der Waals surface area contributed by atoms with Crippen LogP contribution in [0, 0.1) is 0 Å². The lowest BCUT2D eigenvalue weighted by Crippen LogP contribution is -2.06. The average Bonchev–Trinajstić information content (AvgIpc) is 2.30. The number of rotatable bonds is 6. The zero-order chi connectivity index (χ0) is 13.7. The molecule has 5 heteroatoms. The Kier molecular flexibility index (Phi) is 13.0. The molecule has 98 valence electrons. The quantitative estimate of drug-likeness (QED) is 0.432. The standard InChI is InChI=1S/C7H12O3.C5H8O2/c1-6(2)7(9)10-5-3-4-8;1-3-5(6)7-4-2/h8H,1,3-5H2,2H3;3H,1,4H2,2H3. The largest absolute Gasteiger partial charge is 0.463 e. The first-order valence-corrected chi connectivity index (χ1v) is 5.22. The Labute approximate surface area is 102 Å². The molecule has 0 heterocycles. The molecule has 5 nitrogen and oxygen atoms in total. The summed E-state index contributed by atoms with van der Waals surface area (Å²) < 4.78 is 9.08. The van der Waals surface area contributed by atoms with Crippen LogP contribution in [0.5, 0.6) is 0 Å². The molecule has 0 aliphatic heterocycles. The molecule has 0 unspecified atom stereocenters. The Bertz CT molecular complexity index is 258. The second kappa shape index (κ2) is 12.4. The number of hydrogen-bond acceptors (Lipinski definition) is 5. The van der Waals surface area contributed by atoms with Gasteiger partial charge in [-0.25, -0.2) is 9.59 Å². The van der Waals surface area contributed by atoms with Crippen molar-refractivity contribution in [3.8, 4) is 0 Å². The molecule has 0 spiro atoms. The van der Waals surface area contributed by atoms with Crippen molar-refractivity contribution in [1.29, 1.82) is 0 Å². The van der Waals surface area contributed by atoms with Crippen LogP contribution in [0.15, 0.2) is 24.8 Å². The fraction of sp³-hybridized carbons (Fsp3) is 0.500. The third-order valence-corrected chi connectivity index (χ3v) is 1.34. The molecular formula is C12H20O5. The molecule has 17 heavy (non-hydrogen) atoms. The zero-order valence-corrected chi connectivity index (χ0v) is 10.4. The highest BCUT2D eigenvalue weighted by atomic mass is 16.5. The van der Waals surface area contributed by atoms with Crippen LogP contribution in [0.25, 0.3) is 0 Å². The van der Waals surface area contributed by atoms with Crippen LogP contribution < -0.4 is 0 Å². The molecule has 1 N–H and O–H groups in total. The molecule has 0 aromatic heterocycles. The van der Waals surface area contributed by atoms with E-state index in [1.165, 1.54) is 0 Å². The van der Waals surface area contributed by atoms with Crippen LogP contribution in [0.2, 0.25) is 0 Å². The number of carbonyl (C=O) groups excluding carboxylic acids is 2. The normalized spacial score (nSPS) is 8.41. The highest BCUT2D eigenvalue weighted by molar-refractivity contribution is 5.86. The van der Waals surface area contributed by atoms with Gasteiger partial charge in [0, 0.05) is 24.7 Å². The minimum absolute atomic E-state index is 0.0451. The summed E-state index contributed by atoms with van der Waals surface area (Å²) >= 11 is 0. The molecule has 0 amide bonds. The summed E-state index contributed by atoms with van der Waals surface area (Å²) in [6, 6.07) is 0. The van der Waals surface area contributed by atoms with E-state index >= 15 is 0 Å². The number of hydrogen-bond donors (Lipinski definition) is 1. The van der Waals surface area contributed by atoms with E-state index in [4.69, 9.17) is 5.11 Å². The van der Waals surface area contributed by atoms with Gasteiger partial charge in [0.15, 0.2) is 0 Å². The van der Waals surface area contributed by atoms with Crippen LogP contribution in [0.3, 0.4) is 0 Å². The first kappa shape index (κ1) is 17.8. The van der Waals surface area contributed by atoms with Gasteiger partial charge < -0.3 is 14.6 Å². The minimum atomic E-state index is -0.395. The van der Waals surface area contributed by atoms with Crippen molar-refractivity contribution in [3.63, 3.8) is 0 Å². The third-order valence-electron chi connectivity index (χ3n) is 1.34. The van der Waals surface area contributed by atoms with Crippen LogP contribution in [-0.2, 0) is 19.1 Å². The summed E-state index contributed by atoms with van der Waals surface area (Å²) in [5.41, 5.74) is 0.387. The van der Waals surface area contributed by atoms with E-state index in [2.05, 4.69) is 22.6 Å².